The van der Waals surface area contributed by atoms with Crippen LogP contribution in [0.1, 0.15) is 18.3 Å². The zero-order chi connectivity index (χ0) is 11.9. The molecule has 17 heavy (non-hydrogen) atoms. The minimum atomic E-state index is 0.373. The van der Waals surface area contributed by atoms with Crippen LogP contribution in [0, 0.1) is 0 Å². The molecule has 1 aromatic carbocycles. The fraction of sp³-hybridized carbons (Fsp3) is 0.286. The Balaban J connectivity index is 1.80. The Bertz CT molecular complexity index is 428. The van der Waals surface area contributed by atoms with E-state index < -0.39 is 0 Å². The molecule has 0 radical (unpaired) electrons. The maximum atomic E-state index is 4.22. The van der Waals surface area contributed by atoms with Crippen LogP contribution in [0.4, 0.5) is 0 Å². The molecule has 1 aromatic heterocycles. The molecule has 0 amide bonds. The highest BCUT2D eigenvalue weighted by Crippen LogP contribution is 2.00. The van der Waals surface area contributed by atoms with Gasteiger partial charge >= 0.3 is 0 Å². The smallest absolute Gasteiger partial charge is 0.129 e. The second-order valence-electron chi connectivity index (χ2n) is 4.14. The first-order valence-electron chi connectivity index (χ1n) is 5.88. The quantitative estimate of drug-likeness (QED) is 0.851. The molecular weight excluding hydrogens is 210 g/mol. The van der Waals surface area contributed by atoms with Crippen molar-refractivity contribution in [1.82, 2.24) is 15.3 Å². The third-order valence-corrected chi connectivity index (χ3v) is 2.61. The average Bonchev–Trinajstić information content (AvgIpc) is 2.39. The lowest BCUT2D eigenvalue weighted by atomic mass is 10.2. The Labute approximate surface area is 102 Å². The van der Waals surface area contributed by atoms with Gasteiger partial charge in [0, 0.05) is 31.4 Å². The summed E-state index contributed by atoms with van der Waals surface area (Å²) in [6.45, 7) is 3.04. The van der Waals surface area contributed by atoms with Crippen LogP contribution in [0.5, 0.6) is 0 Å². The molecule has 0 spiro atoms. The van der Waals surface area contributed by atoms with Crippen molar-refractivity contribution in [2.75, 3.05) is 0 Å². The standard InChI is InChI=1S/C14H17N3/c1-12(10-14-15-8-5-9-16-14)17-11-13-6-3-2-4-7-13/h2-9,12,17H,10-11H2,1H3/t12-/m0/s1. The normalized spacial score (nSPS) is 12.3. The molecule has 88 valence electrons. The van der Waals surface area contributed by atoms with Crippen LogP contribution in [0.25, 0.3) is 0 Å². The number of hydrogen-bond acceptors (Lipinski definition) is 3. The van der Waals surface area contributed by atoms with Gasteiger partial charge in [0.05, 0.1) is 0 Å². The number of nitrogens with zero attached hydrogens (tertiary/aromatic N) is 2. The minimum Gasteiger partial charge on any atom is -0.310 e. The van der Waals surface area contributed by atoms with E-state index in [0.29, 0.717) is 6.04 Å². The van der Waals surface area contributed by atoms with Gasteiger partial charge in [-0.2, -0.15) is 0 Å². The predicted octanol–water partition coefficient (Wildman–Crippen LogP) is 2.20. The number of aromatic nitrogens is 2. The van der Waals surface area contributed by atoms with Crippen LogP contribution in [0.15, 0.2) is 48.8 Å². The molecule has 0 bridgehead atoms. The number of hydrogen-bond donors (Lipinski definition) is 1. The maximum Gasteiger partial charge on any atom is 0.129 e. The van der Waals surface area contributed by atoms with Crippen molar-refractivity contribution in [3.63, 3.8) is 0 Å². The second-order valence-corrected chi connectivity index (χ2v) is 4.14. The molecule has 0 fully saturated rings. The molecule has 0 saturated carbocycles. The van der Waals surface area contributed by atoms with E-state index in [0.717, 1.165) is 18.8 Å². The Morgan fingerprint density at radius 3 is 2.47 bits per heavy atom. The van der Waals surface area contributed by atoms with Gasteiger partial charge in [-0.3, -0.25) is 0 Å². The third kappa shape index (κ3) is 3.96. The van der Waals surface area contributed by atoms with Gasteiger partial charge in [0.15, 0.2) is 0 Å². The van der Waals surface area contributed by atoms with Gasteiger partial charge in [0.2, 0.25) is 0 Å². The molecule has 1 heterocycles. The van der Waals surface area contributed by atoms with Crippen molar-refractivity contribution in [1.29, 1.82) is 0 Å². The number of rotatable bonds is 5. The highest BCUT2D eigenvalue weighted by atomic mass is 14.9. The van der Waals surface area contributed by atoms with E-state index in [1.54, 1.807) is 12.4 Å². The molecule has 2 rings (SSSR count). The maximum absolute atomic E-state index is 4.22. The summed E-state index contributed by atoms with van der Waals surface area (Å²) < 4.78 is 0. The molecule has 1 atom stereocenters. The Hall–Kier alpha value is -1.74. The van der Waals surface area contributed by atoms with Crippen LogP contribution in [0.3, 0.4) is 0 Å². The molecule has 0 unspecified atom stereocenters. The van der Waals surface area contributed by atoms with E-state index in [1.165, 1.54) is 5.56 Å². The van der Waals surface area contributed by atoms with E-state index >= 15 is 0 Å². The zero-order valence-electron chi connectivity index (χ0n) is 10.0. The fourth-order valence-corrected chi connectivity index (χ4v) is 1.67. The summed E-state index contributed by atoms with van der Waals surface area (Å²) in [5.41, 5.74) is 1.30. The molecule has 2 aromatic rings. The zero-order valence-corrected chi connectivity index (χ0v) is 10.0. The van der Waals surface area contributed by atoms with Crippen molar-refractivity contribution < 1.29 is 0 Å². The second kappa shape index (κ2) is 6.11. The summed E-state index contributed by atoms with van der Waals surface area (Å²) in [6, 6.07) is 12.6. The van der Waals surface area contributed by atoms with E-state index in [2.05, 4.69) is 46.5 Å². The monoisotopic (exact) mass is 227 g/mol. The Morgan fingerprint density at radius 2 is 1.76 bits per heavy atom. The molecule has 0 aliphatic rings. The SMILES string of the molecule is C[C@@H](Cc1ncccn1)NCc1ccccc1. The molecule has 3 nitrogen and oxygen atoms in total. The Kier molecular flexibility index (Phi) is 4.22. The first kappa shape index (κ1) is 11.7. The fourth-order valence-electron chi connectivity index (χ4n) is 1.67. The summed E-state index contributed by atoms with van der Waals surface area (Å²) in [5.74, 6) is 0.889. The third-order valence-electron chi connectivity index (χ3n) is 2.61. The molecule has 0 aliphatic heterocycles. The van der Waals surface area contributed by atoms with Crippen LogP contribution in [0.2, 0.25) is 0 Å². The van der Waals surface area contributed by atoms with Crippen LogP contribution in [-0.4, -0.2) is 16.0 Å². The molecule has 0 aliphatic carbocycles. The van der Waals surface area contributed by atoms with Crippen molar-refractivity contribution in [3.05, 3.63) is 60.2 Å². The van der Waals surface area contributed by atoms with E-state index in [9.17, 15) is 0 Å². The lowest BCUT2D eigenvalue weighted by molar-refractivity contribution is 0.534. The summed E-state index contributed by atoms with van der Waals surface area (Å²) in [7, 11) is 0. The van der Waals surface area contributed by atoms with Gasteiger partial charge < -0.3 is 5.32 Å². The molecular formula is C14H17N3. The van der Waals surface area contributed by atoms with Gasteiger partial charge in [-0.1, -0.05) is 30.3 Å². The summed E-state index contributed by atoms with van der Waals surface area (Å²) in [6.07, 6.45) is 4.42. The van der Waals surface area contributed by atoms with E-state index in [4.69, 9.17) is 0 Å². The first-order valence-corrected chi connectivity index (χ1v) is 5.88. The van der Waals surface area contributed by atoms with Gasteiger partial charge in [-0.15, -0.1) is 0 Å². The first-order chi connectivity index (χ1) is 8.34. The molecule has 0 saturated heterocycles. The van der Waals surface area contributed by atoms with Crippen LogP contribution in [-0.2, 0) is 13.0 Å². The topological polar surface area (TPSA) is 37.8 Å². The van der Waals surface area contributed by atoms with Gasteiger partial charge in [-0.05, 0) is 18.6 Å². The van der Waals surface area contributed by atoms with Crippen molar-refractivity contribution in [2.45, 2.75) is 25.9 Å². The summed E-state index contributed by atoms with van der Waals surface area (Å²) in [4.78, 5) is 8.45. The van der Waals surface area contributed by atoms with Gasteiger partial charge in [0.25, 0.3) is 0 Å². The lowest BCUT2D eigenvalue weighted by Gasteiger charge is -2.12. The summed E-state index contributed by atoms with van der Waals surface area (Å²) >= 11 is 0. The van der Waals surface area contributed by atoms with Crippen molar-refractivity contribution >= 4 is 0 Å². The number of benzene rings is 1. The summed E-state index contributed by atoms with van der Waals surface area (Å²) in [5, 5.41) is 3.47. The number of nitrogens with one attached hydrogen (secondary N) is 1. The highest BCUT2D eigenvalue weighted by molar-refractivity contribution is 5.14. The molecule has 1 N–H and O–H groups in total. The van der Waals surface area contributed by atoms with Crippen LogP contribution < -0.4 is 5.32 Å². The van der Waals surface area contributed by atoms with Crippen molar-refractivity contribution in [3.8, 4) is 0 Å². The van der Waals surface area contributed by atoms with E-state index in [-0.39, 0.29) is 0 Å². The highest BCUT2D eigenvalue weighted by Gasteiger charge is 2.04. The largest absolute Gasteiger partial charge is 0.310 e. The minimum absolute atomic E-state index is 0.373. The van der Waals surface area contributed by atoms with Crippen LogP contribution >= 0.6 is 0 Å². The van der Waals surface area contributed by atoms with Crippen molar-refractivity contribution in [2.24, 2.45) is 0 Å². The lowest BCUT2D eigenvalue weighted by Crippen LogP contribution is -2.28. The average molecular weight is 227 g/mol. The van der Waals surface area contributed by atoms with E-state index in [1.807, 2.05) is 12.1 Å². The Morgan fingerprint density at radius 1 is 1.06 bits per heavy atom. The predicted molar refractivity (Wildman–Crippen MR) is 68.5 cm³/mol. The van der Waals surface area contributed by atoms with Gasteiger partial charge in [-0.25, -0.2) is 9.97 Å². The molecule has 3 heteroatoms. The van der Waals surface area contributed by atoms with Gasteiger partial charge in [0.1, 0.15) is 5.82 Å².